The van der Waals surface area contributed by atoms with Crippen molar-refractivity contribution in [3.63, 3.8) is 0 Å². The molecule has 1 aliphatic carbocycles. The van der Waals surface area contributed by atoms with Gasteiger partial charge in [0.05, 0.1) is 0 Å². The second-order valence-electron chi connectivity index (χ2n) is 8.53. The molecule has 136 valence electrons. The van der Waals surface area contributed by atoms with Crippen molar-refractivity contribution in [2.45, 2.75) is 40.5 Å². The number of allylic oxidation sites excluding steroid dienone is 2. The molecule has 26 heavy (non-hydrogen) atoms. The van der Waals surface area contributed by atoms with E-state index in [1.165, 1.54) is 16.3 Å². The van der Waals surface area contributed by atoms with Gasteiger partial charge >= 0.3 is 5.97 Å². The lowest BCUT2D eigenvalue weighted by Crippen LogP contribution is -2.51. The van der Waals surface area contributed by atoms with Gasteiger partial charge in [0.2, 0.25) is 0 Å². The highest BCUT2D eigenvalue weighted by Gasteiger charge is 2.56. The largest absolute Gasteiger partial charge is 0.480 e. The van der Waals surface area contributed by atoms with Crippen molar-refractivity contribution >= 4 is 16.7 Å². The van der Waals surface area contributed by atoms with Crippen molar-refractivity contribution < 1.29 is 9.90 Å². The molecule has 2 aromatic carbocycles. The molecule has 1 aliphatic rings. The Kier molecular flexibility index (Phi) is 4.56. The number of aliphatic carboxylic acids is 1. The van der Waals surface area contributed by atoms with Gasteiger partial charge in [-0.05, 0) is 40.0 Å². The van der Waals surface area contributed by atoms with Gasteiger partial charge in [-0.25, -0.2) is 0 Å². The molecule has 0 spiro atoms. The highest BCUT2D eigenvalue weighted by atomic mass is 16.4. The minimum absolute atomic E-state index is 0.0933. The van der Waals surface area contributed by atoms with E-state index in [0.29, 0.717) is 0 Å². The van der Waals surface area contributed by atoms with Crippen molar-refractivity contribution in [2.75, 3.05) is 0 Å². The third kappa shape index (κ3) is 2.78. The van der Waals surface area contributed by atoms with Crippen molar-refractivity contribution in [2.24, 2.45) is 16.2 Å². The fourth-order valence-corrected chi connectivity index (χ4v) is 4.08. The van der Waals surface area contributed by atoms with Crippen LogP contribution in [0, 0.1) is 16.2 Å². The predicted molar refractivity (Wildman–Crippen MR) is 108 cm³/mol. The third-order valence-electron chi connectivity index (χ3n) is 6.69. The summed E-state index contributed by atoms with van der Waals surface area (Å²) in [5.41, 5.74) is -0.254. The standard InChI is InChI=1S/C24H28O2/c1-22(2)15-9-17-24(21(25)26,23(22,3)4)16-8-13-19-12-7-11-18-10-5-6-14-20(18)19/h5-12,14,16-17H,13,15H2,1-4H3,(H,25,26). The molecule has 0 fully saturated rings. The lowest BCUT2D eigenvalue weighted by Gasteiger charge is -2.53. The quantitative estimate of drug-likeness (QED) is 0.686. The first-order valence-corrected chi connectivity index (χ1v) is 9.27. The van der Waals surface area contributed by atoms with Gasteiger partial charge in [0, 0.05) is 0 Å². The van der Waals surface area contributed by atoms with Crippen LogP contribution in [0.2, 0.25) is 0 Å². The molecule has 2 heteroatoms. The summed E-state index contributed by atoms with van der Waals surface area (Å²) < 4.78 is 0. The highest BCUT2D eigenvalue weighted by molar-refractivity contribution is 5.86. The van der Waals surface area contributed by atoms with Gasteiger partial charge in [-0.3, -0.25) is 4.79 Å². The summed E-state index contributed by atoms with van der Waals surface area (Å²) in [6.45, 7) is 8.47. The van der Waals surface area contributed by atoms with Gasteiger partial charge < -0.3 is 5.11 Å². The van der Waals surface area contributed by atoms with Crippen molar-refractivity contribution in [1.29, 1.82) is 0 Å². The zero-order valence-electron chi connectivity index (χ0n) is 16.1. The Labute approximate surface area is 156 Å². The number of carboxylic acid groups (broad SMARTS) is 1. The van der Waals surface area contributed by atoms with Gasteiger partial charge in [-0.1, -0.05) is 94.5 Å². The topological polar surface area (TPSA) is 37.3 Å². The van der Waals surface area contributed by atoms with Crippen LogP contribution in [-0.4, -0.2) is 11.1 Å². The van der Waals surface area contributed by atoms with Gasteiger partial charge in [0.25, 0.3) is 0 Å². The monoisotopic (exact) mass is 348 g/mol. The Hall–Kier alpha value is -2.35. The maximum Gasteiger partial charge on any atom is 0.317 e. The normalized spacial score (nSPS) is 24.2. The smallest absolute Gasteiger partial charge is 0.317 e. The Bertz CT molecular complexity index is 881. The van der Waals surface area contributed by atoms with Gasteiger partial charge in [0.15, 0.2) is 0 Å². The summed E-state index contributed by atoms with van der Waals surface area (Å²) in [7, 11) is 0. The molecule has 2 aromatic rings. The number of hydrogen-bond donors (Lipinski definition) is 1. The Morgan fingerprint density at radius 1 is 1.08 bits per heavy atom. The Balaban J connectivity index is 1.98. The molecule has 0 amide bonds. The molecule has 0 aromatic heterocycles. The maximum atomic E-state index is 12.3. The second kappa shape index (κ2) is 6.42. The van der Waals surface area contributed by atoms with Crippen LogP contribution in [0.4, 0.5) is 0 Å². The fourth-order valence-electron chi connectivity index (χ4n) is 4.08. The van der Waals surface area contributed by atoms with Crippen LogP contribution in [0.15, 0.2) is 66.8 Å². The van der Waals surface area contributed by atoms with E-state index in [0.717, 1.165) is 12.8 Å². The molecule has 0 saturated carbocycles. The number of benzene rings is 2. The maximum absolute atomic E-state index is 12.3. The van der Waals surface area contributed by atoms with E-state index in [2.05, 4.69) is 58.0 Å². The first-order valence-electron chi connectivity index (χ1n) is 9.27. The number of fused-ring (bicyclic) bond motifs is 1. The Morgan fingerprint density at radius 2 is 1.77 bits per heavy atom. The van der Waals surface area contributed by atoms with E-state index >= 15 is 0 Å². The van der Waals surface area contributed by atoms with Crippen molar-refractivity contribution in [3.8, 4) is 0 Å². The van der Waals surface area contributed by atoms with E-state index in [1.807, 2.05) is 36.4 Å². The van der Waals surface area contributed by atoms with E-state index in [4.69, 9.17) is 0 Å². The highest BCUT2D eigenvalue weighted by Crippen LogP contribution is 2.57. The molecule has 0 radical (unpaired) electrons. The molecule has 1 unspecified atom stereocenters. The predicted octanol–water partition coefficient (Wildman–Crippen LogP) is 6.02. The van der Waals surface area contributed by atoms with E-state index in [1.54, 1.807) is 0 Å². The average Bonchev–Trinajstić information content (AvgIpc) is 2.59. The Morgan fingerprint density at radius 3 is 2.50 bits per heavy atom. The molecule has 1 atom stereocenters. The third-order valence-corrected chi connectivity index (χ3v) is 6.69. The molecular formula is C24H28O2. The minimum atomic E-state index is -0.987. The minimum Gasteiger partial charge on any atom is -0.480 e. The van der Waals surface area contributed by atoms with E-state index in [9.17, 15) is 9.90 Å². The molecule has 0 heterocycles. The first-order chi connectivity index (χ1) is 12.2. The summed E-state index contributed by atoms with van der Waals surface area (Å²) >= 11 is 0. The van der Waals surface area contributed by atoms with Crippen LogP contribution in [0.5, 0.6) is 0 Å². The van der Waals surface area contributed by atoms with Gasteiger partial charge in [-0.2, -0.15) is 0 Å². The van der Waals surface area contributed by atoms with Crippen molar-refractivity contribution in [3.05, 3.63) is 72.3 Å². The first kappa shape index (κ1) is 18.4. The van der Waals surface area contributed by atoms with Crippen LogP contribution in [0.1, 0.15) is 39.7 Å². The molecule has 0 aliphatic heterocycles. The zero-order valence-corrected chi connectivity index (χ0v) is 16.1. The summed E-state index contributed by atoms with van der Waals surface area (Å²) in [5.74, 6) is -0.777. The summed E-state index contributed by atoms with van der Waals surface area (Å²) in [6.07, 6.45) is 9.48. The summed E-state index contributed by atoms with van der Waals surface area (Å²) in [6, 6.07) is 14.6. The lowest BCUT2D eigenvalue weighted by atomic mass is 9.50. The van der Waals surface area contributed by atoms with Crippen LogP contribution >= 0.6 is 0 Å². The molecule has 0 saturated heterocycles. The number of carboxylic acids is 1. The second-order valence-corrected chi connectivity index (χ2v) is 8.53. The van der Waals surface area contributed by atoms with E-state index < -0.39 is 16.8 Å². The van der Waals surface area contributed by atoms with Crippen LogP contribution < -0.4 is 0 Å². The van der Waals surface area contributed by atoms with Gasteiger partial charge in [-0.15, -0.1) is 0 Å². The van der Waals surface area contributed by atoms with Crippen LogP contribution in [0.25, 0.3) is 10.8 Å². The molecule has 1 N–H and O–H groups in total. The van der Waals surface area contributed by atoms with Crippen LogP contribution in [-0.2, 0) is 11.2 Å². The molecule has 2 nitrogen and oxygen atoms in total. The lowest BCUT2D eigenvalue weighted by molar-refractivity contribution is -0.154. The number of hydrogen-bond acceptors (Lipinski definition) is 1. The average molecular weight is 348 g/mol. The molecule has 3 rings (SSSR count). The SMILES string of the molecule is CC1(C)CC=CC(C=CCc2cccc3ccccc23)(C(=O)O)C1(C)C. The van der Waals surface area contributed by atoms with Crippen molar-refractivity contribution in [1.82, 2.24) is 0 Å². The number of rotatable bonds is 4. The molecular weight excluding hydrogens is 320 g/mol. The number of carbonyl (C=O) groups is 1. The zero-order chi connectivity index (χ0) is 19.0. The summed E-state index contributed by atoms with van der Waals surface area (Å²) in [4.78, 5) is 12.3. The van der Waals surface area contributed by atoms with E-state index in [-0.39, 0.29) is 5.41 Å². The molecule has 0 bridgehead atoms. The van der Waals surface area contributed by atoms with Gasteiger partial charge in [0.1, 0.15) is 5.41 Å². The fraction of sp³-hybridized carbons (Fsp3) is 0.375. The summed E-state index contributed by atoms with van der Waals surface area (Å²) in [5, 5.41) is 12.6. The van der Waals surface area contributed by atoms with Crippen LogP contribution in [0.3, 0.4) is 0 Å².